The third-order valence-electron chi connectivity index (χ3n) is 3.11. The van der Waals surface area contributed by atoms with Crippen molar-refractivity contribution in [1.29, 1.82) is 0 Å². The fourth-order valence-electron chi connectivity index (χ4n) is 2.27. The first-order valence-electron chi connectivity index (χ1n) is 5.98. The third-order valence-corrected chi connectivity index (χ3v) is 3.68. The molecule has 8 nitrogen and oxygen atoms in total. The quantitative estimate of drug-likeness (QED) is 0.527. The van der Waals surface area contributed by atoms with Gasteiger partial charge in [-0.2, -0.15) is 8.42 Å². The smallest absolute Gasteiger partial charge is 0.409 e. The number of esters is 1. The van der Waals surface area contributed by atoms with Crippen LogP contribution in [0.3, 0.4) is 0 Å². The van der Waals surface area contributed by atoms with E-state index in [2.05, 4.69) is 9.47 Å². The zero-order valence-corrected chi connectivity index (χ0v) is 12.7. The number of amides is 1. The van der Waals surface area contributed by atoms with Gasteiger partial charge in [0.2, 0.25) is 0 Å². The highest BCUT2D eigenvalue weighted by atomic mass is 32.2. The van der Waals surface area contributed by atoms with Gasteiger partial charge in [0.1, 0.15) is 5.92 Å². The highest BCUT2D eigenvalue weighted by Crippen LogP contribution is 2.27. The molecule has 1 fully saturated rings. The van der Waals surface area contributed by atoms with E-state index < -0.39 is 34.2 Å². The Morgan fingerprint density at radius 3 is 2.20 bits per heavy atom. The molecule has 1 aliphatic rings. The number of nitrogens with zero attached hydrogens (tertiary/aromatic N) is 1. The first-order valence-corrected chi connectivity index (χ1v) is 7.80. The summed E-state index contributed by atoms with van der Waals surface area (Å²) < 4.78 is 36.8. The number of ether oxygens (including phenoxy) is 2. The van der Waals surface area contributed by atoms with E-state index in [4.69, 9.17) is 4.18 Å². The van der Waals surface area contributed by atoms with Crippen molar-refractivity contribution in [2.75, 3.05) is 33.6 Å². The lowest BCUT2D eigenvalue weighted by Crippen LogP contribution is -2.54. The molecule has 3 unspecified atom stereocenters. The number of likely N-dealkylation sites (tertiary alicyclic amines) is 1. The molecule has 0 N–H and O–H groups in total. The van der Waals surface area contributed by atoms with Crippen LogP contribution in [0.25, 0.3) is 0 Å². The van der Waals surface area contributed by atoms with Gasteiger partial charge in [-0.25, -0.2) is 4.79 Å². The lowest BCUT2D eigenvalue weighted by Gasteiger charge is -2.39. The van der Waals surface area contributed by atoms with Crippen molar-refractivity contribution in [2.45, 2.75) is 13.0 Å². The highest BCUT2D eigenvalue weighted by molar-refractivity contribution is 7.86. The maximum atomic E-state index is 11.8. The summed E-state index contributed by atoms with van der Waals surface area (Å²) in [6.45, 7) is 1.92. The largest absolute Gasteiger partial charge is 0.469 e. The summed E-state index contributed by atoms with van der Waals surface area (Å²) in [7, 11) is -1.29. The van der Waals surface area contributed by atoms with Crippen LogP contribution in [0.2, 0.25) is 0 Å². The zero-order chi connectivity index (χ0) is 15.5. The van der Waals surface area contributed by atoms with Crippen LogP contribution in [-0.2, 0) is 28.6 Å². The second-order valence-electron chi connectivity index (χ2n) is 4.75. The van der Waals surface area contributed by atoms with Gasteiger partial charge in [0, 0.05) is 19.0 Å². The van der Waals surface area contributed by atoms with Crippen molar-refractivity contribution >= 4 is 22.2 Å². The van der Waals surface area contributed by atoms with E-state index in [9.17, 15) is 18.0 Å². The Labute approximate surface area is 118 Å². The fraction of sp³-hybridized carbons (Fsp3) is 0.818. The third kappa shape index (κ3) is 4.07. The lowest BCUT2D eigenvalue weighted by molar-refractivity contribution is -0.152. The molecular formula is C11H19NO7S. The number of hydrogen-bond donors (Lipinski definition) is 0. The number of carbonyl (C=O) groups excluding carboxylic acids is 2. The minimum atomic E-state index is -3.72. The number of piperidine rings is 1. The average Bonchev–Trinajstić information content (AvgIpc) is 2.37. The molecule has 1 amide bonds. The molecule has 1 heterocycles. The van der Waals surface area contributed by atoms with E-state index >= 15 is 0 Å². The minimum Gasteiger partial charge on any atom is -0.469 e. The van der Waals surface area contributed by atoms with Crippen LogP contribution in [0, 0.1) is 11.8 Å². The Hall–Kier alpha value is -1.35. The Balaban J connectivity index is 2.99. The van der Waals surface area contributed by atoms with Crippen molar-refractivity contribution < 1.29 is 31.7 Å². The Bertz CT molecular complexity index is 475. The molecule has 1 aliphatic heterocycles. The predicted octanol–water partition coefficient (Wildman–Crippen LogP) is -0.161. The van der Waals surface area contributed by atoms with Crippen molar-refractivity contribution in [2.24, 2.45) is 11.8 Å². The molecule has 116 valence electrons. The average molecular weight is 309 g/mol. The van der Waals surface area contributed by atoms with Gasteiger partial charge in [-0.05, 0) is 0 Å². The Kier molecular flexibility index (Phi) is 5.35. The maximum Gasteiger partial charge on any atom is 0.409 e. The second-order valence-corrected chi connectivity index (χ2v) is 6.35. The number of methoxy groups -OCH3 is 2. The molecule has 0 aromatic heterocycles. The molecular weight excluding hydrogens is 290 g/mol. The van der Waals surface area contributed by atoms with Crippen molar-refractivity contribution in [1.82, 2.24) is 4.90 Å². The van der Waals surface area contributed by atoms with E-state index in [0.29, 0.717) is 0 Å². The van der Waals surface area contributed by atoms with E-state index in [1.165, 1.54) is 19.1 Å². The fourth-order valence-corrected chi connectivity index (χ4v) is 2.99. The van der Waals surface area contributed by atoms with Gasteiger partial charge in [0.15, 0.2) is 0 Å². The molecule has 1 saturated heterocycles. The number of hydrogen-bond acceptors (Lipinski definition) is 7. The number of rotatable bonds is 3. The predicted molar refractivity (Wildman–Crippen MR) is 68.4 cm³/mol. The SMILES string of the molecule is COC(=O)C1CN(C(=O)OC)CC(C)C1OS(C)(=O)=O. The lowest BCUT2D eigenvalue weighted by atomic mass is 9.87. The topological polar surface area (TPSA) is 99.2 Å². The molecule has 0 radical (unpaired) electrons. The summed E-state index contributed by atoms with van der Waals surface area (Å²) >= 11 is 0. The normalized spacial score (nSPS) is 27.0. The first-order chi connectivity index (χ1) is 9.19. The van der Waals surface area contributed by atoms with E-state index in [1.807, 2.05) is 0 Å². The summed E-state index contributed by atoms with van der Waals surface area (Å²) in [6.07, 6.45) is -0.525. The van der Waals surface area contributed by atoms with Crippen LogP contribution in [0.1, 0.15) is 6.92 Å². The van der Waals surface area contributed by atoms with Crippen molar-refractivity contribution in [3.8, 4) is 0 Å². The molecule has 3 atom stereocenters. The first kappa shape index (κ1) is 16.7. The summed E-state index contributed by atoms with van der Waals surface area (Å²) in [5.74, 6) is -1.86. The number of carbonyl (C=O) groups is 2. The summed E-state index contributed by atoms with van der Waals surface area (Å²) in [6, 6.07) is 0. The minimum absolute atomic E-state index is 0.0100. The van der Waals surface area contributed by atoms with Gasteiger partial charge in [-0.3, -0.25) is 8.98 Å². The van der Waals surface area contributed by atoms with E-state index in [-0.39, 0.29) is 19.0 Å². The van der Waals surface area contributed by atoms with Crippen LogP contribution >= 0.6 is 0 Å². The molecule has 0 aromatic rings. The van der Waals surface area contributed by atoms with Crippen molar-refractivity contribution in [3.63, 3.8) is 0 Å². The van der Waals surface area contributed by atoms with E-state index in [1.54, 1.807) is 6.92 Å². The van der Waals surface area contributed by atoms with Crippen LogP contribution in [0.4, 0.5) is 4.79 Å². The summed E-state index contributed by atoms with van der Waals surface area (Å²) in [5.41, 5.74) is 0. The second kappa shape index (κ2) is 6.40. The molecule has 0 spiro atoms. The van der Waals surface area contributed by atoms with Crippen LogP contribution in [0.15, 0.2) is 0 Å². The molecule has 0 aliphatic carbocycles. The molecule has 9 heteroatoms. The Morgan fingerprint density at radius 2 is 1.75 bits per heavy atom. The highest BCUT2D eigenvalue weighted by Gasteiger charge is 2.43. The van der Waals surface area contributed by atoms with Gasteiger partial charge >= 0.3 is 12.1 Å². The molecule has 0 bridgehead atoms. The van der Waals surface area contributed by atoms with Crippen LogP contribution in [0.5, 0.6) is 0 Å². The van der Waals surface area contributed by atoms with E-state index in [0.717, 1.165) is 6.26 Å². The maximum absolute atomic E-state index is 11.8. The zero-order valence-electron chi connectivity index (χ0n) is 11.9. The molecule has 20 heavy (non-hydrogen) atoms. The van der Waals surface area contributed by atoms with Gasteiger partial charge in [0.25, 0.3) is 10.1 Å². The molecule has 1 rings (SSSR count). The van der Waals surface area contributed by atoms with Gasteiger partial charge in [-0.15, -0.1) is 0 Å². The summed E-state index contributed by atoms with van der Waals surface area (Å²) in [5, 5.41) is 0. The van der Waals surface area contributed by atoms with Gasteiger partial charge in [0.05, 0.1) is 26.6 Å². The van der Waals surface area contributed by atoms with Gasteiger partial charge in [-0.1, -0.05) is 6.92 Å². The monoisotopic (exact) mass is 309 g/mol. The standard InChI is InChI=1S/C11H19NO7S/c1-7-5-12(11(14)18-3)6-8(10(13)17-2)9(7)19-20(4,15)16/h7-9H,5-6H2,1-4H3. The Morgan fingerprint density at radius 1 is 1.15 bits per heavy atom. The van der Waals surface area contributed by atoms with Crippen molar-refractivity contribution in [3.05, 3.63) is 0 Å². The van der Waals surface area contributed by atoms with Gasteiger partial charge < -0.3 is 14.4 Å². The molecule has 0 saturated carbocycles. The van der Waals surface area contributed by atoms with Crippen LogP contribution in [-0.4, -0.2) is 65.0 Å². The summed E-state index contributed by atoms with van der Waals surface area (Å²) in [4.78, 5) is 24.7. The molecule has 0 aromatic carbocycles. The van der Waals surface area contributed by atoms with Crippen LogP contribution < -0.4 is 0 Å².